The molecule has 0 aromatic carbocycles. The van der Waals surface area contributed by atoms with Gasteiger partial charge in [0.1, 0.15) is 0 Å². The van der Waals surface area contributed by atoms with Crippen molar-refractivity contribution in [3.8, 4) is 0 Å². The summed E-state index contributed by atoms with van der Waals surface area (Å²) in [6, 6.07) is 0. The summed E-state index contributed by atoms with van der Waals surface area (Å²) >= 11 is 1.87. The number of hydrogen-bond donors (Lipinski definition) is 2. The van der Waals surface area contributed by atoms with E-state index < -0.39 is 0 Å². The van der Waals surface area contributed by atoms with Crippen LogP contribution in [0.15, 0.2) is 4.99 Å². The van der Waals surface area contributed by atoms with Crippen molar-refractivity contribution in [3.63, 3.8) is 0 Å². The summed E-state index contributed by atoms with van der Waals surface area (Å²) in [7, 11) is 1.84. The minimum Gasteiger partial charge on any atom is -0.355 e. The lowest BCUT2D eigenvalue weighted by Crippen LogP contribution is -2.55. The summed E-state index contributed by atoms with van der Waals surface area (Å²) in [6.07, 6.45) is 6.20. The monoisotopic (exact) mass is 428 g/mol. The zero-order valence-corrected chi connectivity index (χ0v) is 17.4. The smallest absolute Gasteiger partial charge is 0.191 e. The van der Waals surface area contributed by atoms with Crippen molar-refractivity contribution < 1.29 is 0 Å². The Kier molecular flexibility index (Phi) is 11.1. The Bertz CT molecular complexity index is 304. The van der Waals surface area contributed by atoms with Crippen LogP contribution in [-0.2, 0) is 0 Å². The third-order valence-corrected chi connectivity index (χ3v) is 5.05. The fraction of sp³-hybridized carbons (Fsp3) is 0.933. The van der Waals surface area contributed by atoms with E-state index in [1.807, 2.05) is 18.8 Å². The second kappa shape index (κ2) is 10.9. The van der Waals surface area contributed by atoms with Crippen LogP contribution in [0.25, 0.3) is 0 Å². The predicted molar refractivity (Wildman–Crippen MR) is 107 cm³/mol. The first kappa shape index (κ1) is 21.3. The normalized spacial score (nSPS) is 18.8. The van der Waals surface area contributed by atoms with Gasteiger partial charge in [-0.15, -0.1) is 24.0 Å². The number of nitrogens with one attached hydrogen (secondary N) is 2. The molecule has 21 heavy (non-hydrogen) atoms. The van der Waals surface area contributed by atoms with Crippen LogP contribution >= 0.6 is 35.7 Å². The zero-order chi connectivity index (χ0) is 15.0. The lowest BCUT2D eigenvalue weighted by molar-refractivity contribution is 0.0982. The van der Waals surface area contributed by atoms with Crippen LogP contribution in [0, 0.1) is 0 Å². The van der Waals surface area contributed by atoms with E-state index >= 15 is 0 Å². The third-order valence-electron chi connectivity index (χ3n) is 4.08. The van der Waals surface area contributed by atoms with Crippen LogP contribution in [-0.4, -0.2) is 61.1 Å². The van der Waals surface area contributed by atoms with Gasteiger partial charge in [-0.2, -0.15) is 11.8 Å². The average molecular weight is 428 g/mol. The van der Waals surface area contributed by atoms with E-state index in [0.717, 1.165) is 19.0 Å². The molecule has 1 aliphatic rings. The second-order valence-electron chi connectivity index (χ2n) is 6.21. The van der Waals surface area contributed by atoms with Gasteiger partial charge in [-0.1, -0.05) is 13.3 Å². The predicted octanol–water partition coefficient (Wildman–Crippen LogP) is 2.79. The maximum absolute atomic E-state index is 4.31. The van der Waals surface area contributed by atoms with Gasteiger partial charge in [-0.05, 0) is 46.0 Å². The third kappa shape index (κ3) is 7.93. The zero-order valence-electron chi connectivity index (χ0n) is 14.2. The molecule has 0 amide bonds. The molecule has 4 nitrogen and oxygen atoms in total. The molecule has 0 aromatic rings. The van der Waals surface area contributed by atoms with Crippen molar-refractivity contribution in [1.82, 2.24) is 15.5 Å². The van der Waals surface area contributed by atoms with Crippen LogP contribution < -0.4 is 10.6 Å². The molecule has 1 atom stereocenters. The quantitative estimate of drug-likeness (QED) is 0.388. The number of halogens is 1. The standard InChI is InChI=1S/C15H32N4S.HI/c1-13(20-5)11-17-14(16-4)18-12-15(2,3)19-9-7-6-8-10-19;/h13H,6-12H2,1-5H3,(H2,16,17,18);1H. The number of nitrogens with zero attached hydrogens (tertiary/aromatic N) is 2. The molecule has 1 saturated heterocycles. The first-order valence-corrected chi connectivity index (χ1v) is 9.00. The lowest BCUT2D eigenvalue weighted by Gasteiger charge is -2.41. The van der Waals surface area contributed by atoms with Crippen molar-refractivity contribution in [2.45, 2.75) is 50.8 Å². The van der Waals surface area contributed by atoms with Gasteiger partial charge >= 0.3 is 0 Å². The summed E-state index contributed by atoms with van der Waals surface area (Å²) in [5.41, 5.74) is 0.184. The summed E-state index contributed by atoms with van der Waals surface area (Å²) in [6.45, 7) is 11.2. The molecule has 0 bridgehead atoms. The Balaban J connectivity index is 0.00000400. The van der Waals surface area contributed by atoms with Crippen molar-refractivity contribution >= 4 is 41.7 Å². The molecule has 1 aliphatic heterocycles. The second-order valence-corrected chi connectivity index (χ2v) is 7.49. The van der Waals surface area contributed by atoms with Crippen LogP contribution in [0.5, 0.6) is 0 Å². The fourth-order valence-corrected chi connectivity index (χ4v) is 2.71. The molecule has 0 spiro atoms. The molecule has 0 aliphatic carbocycles. The molecule has 126 valence electrons. The van der Waals surface area contributed by atoms with E-state index in [-0.39, 0.29) is 29.5 Å². The number of aliphatic imine (C=N–C) groups is 1. The molecule has 2 N–H and O–H groups in total. The summed E-state index contributed by atoms with van der Waals surface area (Å²) in [4.78, 5) is 6.91. The van der Waals surface area contributed by atoms with Gasteiger partial charge in [0.2, 0.25) is 0 Å². The number of piperidine rings is 1. The van der Waals surface area contributed by atoms with Crippen LogP contribution in [0.2, 0.25) is 0 Å². The average Bonchev–Trinajstić information content (AvgIpc) is 2.48. The summed E-state index contributed by atoms with van der Waals surface area (Å²) in [5.74, 6) is 0.913. The fourth-order valence-electron chi connectivity index (χ4n) is 2.46. The molecule has 1 heterocycles. The Labute approximate surface area is 152 Å². The highest BCUT2D eigenvalue weighted by Crippen LogP contribution is 2.19. The first-order valence-electron chi connectivity index (χ1n) is 7.72. The Morgan fingerprint density at radius 2 is 1.86 bits per heavy atom. The Morgan fingerprint density at radius 3 is 2.38 bits per heavy atom. The van der Waals surface area contributed by atoms with E-state index in [9.17, 15) is 0 Å². The van der Waals surface area contributed by atoms with E-state index in [4.69, 9.17) is 0 Å². The van der Waals surface area contributed by atoms with Gasteiger partial charge in [0.05, 0.1) is 0 Å². The van der Waals surface area contributed by atoms with Gasteiger partial charge < -0.3 is 10.6 Å². The largest absolute Gasteiger partial charge is 0.355 e. The van der Waals surface area contributed by atoms with E-state index in [1.165, 1.54) is 32.4 Å². The maximum Gasteiger partial charge on any atom is 0.191 e. The summed E-state index contributed by atoms with van der Waals surface area (Å²) in [5, 5.41) is 7.47. The number of guanidine groups is 1. The van der Waals surface area contributed by atoms with Crippen molar-refractivity contribution in [3.05, 3.63) is 0 Å². The van der Waals surface area contributed by atoms with Crippen LogP contribution in [0.1, 0.15) is 40.0 Å². The molecule has 0 radical (unpaired) electrons. The summed E-state index contributed by atoms with van der Waals surface area (Å²) < 4.78 is 0. The lowest BCUT2D eigenvalue weighted by atomic mass is 9.98. The molecule has 0 saturated carbocycles. The minimum absolute atomic E-state index is 0. The highest BCUT2D eigenvalue weighted by molar-refractivity contribution is 14.0. The van der Waals surface area contributed by atoms with E-state index in [2.05, 4.69) is 47.6 Å². The van der Waals surface area contributed by atoms with Crippen molar-refractivity contribution in [2.24, 2.45) is 4.99 Å². The van der Waals surface area contributed by atoms with Crippen molar-refractivity contribution in [1.29, 1.82) is 0 Å². The number of rotatable bonds is 6. The molecule has 1 rings (SSSR count). The Hall–Kier alpha value is 0.310. The molecule has 1 fully saturated rings. The molecule has 0 aromatic heterocycles. The van der Waals surface area contributed by atoms with Crippen molar-refractivity contribution in [2.75, 3.05) is 39.5 Å². The highest BCUT2D eigenvalue weighted by Gasteiger charge is 2.27. The van der Waals surface area contributed by atoms with Gasteiger partial charge in [0.25, 0.3) is 0 Å². The number of hydrogen-bond acceptors (Lipinski definition) is 3. The van der Waals surface area contributed by atoms with Gasteiger partial charge in [-0.25, -0.2) is 0 Å². The van der Waals surface area contributed by atoms with Crippen LogP contribution in [0.3, 0.4) is 0 Å². The van der Waals surface area contributed by atoms with Gasteiger partial charge in [0.15, 0.2) is 5.96 Å². The number of thioether (sulfide) groups is 1. The number of likely N-dealkylation sites (tertiary alicyclic amines) is 1. The minimum atomic E-state index is 0. The molecular weight excluding hydrogens is 395 g/mol. The van der Waals surface area contributed by atoms with E-state index in [1.54, 1.807) is 0 Å². The molecule has 1 unspecified atom stereocenters. The Morgan fingerprint density at radius 1 is 1.24 bits per heavy atom. The van der Waals surface area contributed by atoms with Gasteiger partial charge in [0, 0.05) is 30.9 Å². The van der Waals surface area contributed by atoms with E-state index in [0.29, 0.717) is 5.25 Å². The van der Waals surface area contributed by atoms with Crippen LogP contribution in [0.4, 0.5) is 0 Å². The van der Waals surface area contributed by atoms with Gasteiger partial charge in [-0.3, -0.25) is 9.89 Å². The topological polar surface area (TPSA) is 39.7 Å². The SMILES string of the molecule is CN=C(NCC(C)SC)NCC(C)(C)N1CCCCC1.I. The molecular formula is C15H33IN4S. The highest BCUT2D eigenvalue weighted by atomic mass is 127. The molecule has 6 heteroatoms. The first-order chi connectivity index (χ1) is 9.49. The maximum atomic E-state index is 4.31.